The molecule has 0 spiro atoms. The maximum absolute atomic E-state index is 11.6. The summed E-state index contributed by atoms with van der Waals surface area (Å²) in [5.41, 5.74) is 0. The zero-order valence-corrected chi connectivity index (χ0v) is 10.7. The van der Waals surface area contributed by atoms with E-state index in [9.17, 15) is 4.79 Å². The van der Waals surface area contributed by atoms with Crippen LogP contribution in [0.15, 0.2) is 0 Å². The highest BCUT2D eigenvalue weighted by molar-refractivity contribution is 5.76. The van der Waals surface area contributed by atoms with E-state index in [4.69, 9.17) is 0 Å². The quantitative estimate of drug-likeness (QED) is 0.679. The summed E-state index contributed by atoms with van der Waals surface area (Å²) >= 11 is 0. The minimum atomic E-state index is 0.236. The topological polar surface area (TPSA) is 41.1 Å². The Hall–Kier alpha value is -0.570. The minimum Gasteiger partial charge on any atom is -0.356 e. The van der Waals surface area contributed by atoms with Gasteiger partial charge in [-0.2, -0.15) is 0 Å². The maximum Gasteiger partial charge on any atom is 0.220 e. The molecule has 0 saturated carbocycles. The van der Waals surface area contributed by atoms with Crippen LogP contribution in [-0.4, -0.2) is 25.5 Å². The maximum atomic E-state index is 11.6. The molecule has 0 aromatic rings. The third-order valence-electron chi connectivity index (χ3n) is 3.55. The first kappa shape index (κ1) is 13.5. The van der Waals surface area contributed by atoms with Gasteiger partial charge >= 0.3 is 0 Å². The van der Waals surface area contributed by atoms with Crippen molar-refractivity contribution in [1.82, 2.24) is 10.6 Å². The summed E-state index contributed by atoms with van der Waals surface area (Å²) in [5.74, 6) is 1.50. The summed E-state index contributed by atoms with van der Waals surface area (Å²) in [6.07, 6.45) is 5.39. The Morgan fingerprint density at radius 3 is 2.75 bits per heavy atom. The van der Waals surface area contributed by atoms with Crippen LogP contribution < -0.4 is 10.6 Å². The fraction of sp³-hybridized carbons (Fsp3) is 0.923. The number of hydrogen-bond acceptors (Lipinski definition) is 2. The van der Waals surface area contributed by atoms with Crippen molar-refractivity contribution >= 4 is 5.91 Å². The Labute approximate surface area is 99.4 Å². The molecule has 16 heavy (non-hydrogen) atoms. The van der Waals surface area contributed by atoms with Crippen LogP contribution in [0.1, 0.15) is 46.0 Å². The average Bonchev–Trinajstić information content (AvgIpc) is 2.30. The summed E-state index contributed by atoms with van der Waals surface area (Å²) in [5, 5.41) is 6.36. The fourth-order valence-corrected chi connectivity index (χ4v) is 2.35. The van der Waals surface area contributed by atoms with Gasteiger partial charge in [-0.1, -0.05) is 20.3 Å². The third-order valence-corrected chi connectivity index (χ3v) is 3.55. The lowest BCUT2D eigenvalue weighted by Crippen LogP contribution is -2.33. The van der Waals surface area contributed by atoms with E-state index in [2.05, 4.69) is 24.5 Å². The SMILES string of the molecule is CCCCNC(=O)CC(C)C1CCNCC1. The lowest BCUT2D eigenvalue weighted by molar-refractivity contribution is -0.122. The monoisotopic (exact) mass is 226 g/mol. The Balaban J connectivity index is 2.16. The number of piperidine rings is 1. The zero-order chi connectivity index (χ0) is 11.8. The van der Waals surface area contributed by atoms with Crippen LogP contribution in [0.2, 0.25) is 0 Å². The van der Waals surface area contributed by atoms with Crippen LogP contribution in [0, 0.1) is 11.8 Å². The lowest BCUT2D eigenvalue weighted by Gasteiger charge is -2.27. The summed E-state index contributed by atoms with van der Waals surface area (Å²) in [6.45, 7) is 7.44. The standard InChI is InChI=1S/C13H26N2O/c1-3-4-7-15-13(16)10-11(2)12-5-8-14-9-6-12/h11-12,14H,3-10H2,1-2H3,(H,15,16). The van der Waals surface area contributed by atoms with Gasteiger partial charge in [0.1, 0.15) is 0 Å². The predicted octanol–water partition coefficient (Wildman–Crippen LogP) is 1.93. The largest absolute Gasteiger partial charge is 0.356 e. The number of carbonyl (C=O) groups excluding carboxylic acids is 1. The van der Waals surface area contributed by atoms with Crippen LogP contribution in [0.3, 0.4) is 0 Å². The highest BCUT2D eigenvalue weighted by Gasteiger charge is 2.21. The van der Waals surface area contributed by atoms with Gasteiger partial charge in [0.2, 0.25) is 5.91 Å². The van der Waals surface area contributed by atoms with Crippen molar-refractivity contribution in [2.45, 2.75) is 46.0 Å². The second kappa shape index (κ2) is 7.66. The second-order valence-electron chi connectivity index (χ2n) is 4.97. The van der Waals surface area contributed by atoms with Crippen LogP contribution in [0.25, 0.3) is 0 Å². The van der Waals surface area contributed by atoms with E-state index in [1.807, 2.05) is 0 Å². The highest BCUT2D eigenvalue weighted by Crippen LogP contribution is 2.23. The van der Waals surface area contributed by atoms with E-state index in [1.54, 1.807) is 0 Å². The van der Waals surface area contributed by atoms with Crippen LogP contribution >= 0.6 is 0 Å². The van der Waals surface area contributed by atoms with Gasteiger partial charge in [0.05, 0.1) is 0 Å². The molecular weight excluding hydrogens is 200 g/mol. The molecule has 0 aromatic heterocycles. The molecule has 0 bridgehead atoms. The molecule has 1 saturated heterocycles. The molecule has 0 aliphatic carbocycles. The van der Waals surface area contributed by atoms with Crippen molar-refractivity contribution < 1.29 is 4.79 Å². The number of carbonyl (C=O) groups is 1. The zero-order valence-electron chi connectivity index (χ0n) is 10.7. The van der Waals surface area contributed by atoms with Crippen LogP contribution in [0.5, 0.6) is 0 Å². The van der Waals surface area contributed by atoms with Gasteiger partial charge in [0, 0.05) is 13.0 Å². The lowest BCUT2D eigenvalue weighted by atomic mass is 9.84. The predicted molar refractivity (Wildman–Crippen MR) is 67.3 cm³/mol. The first-order chi connectivity index (χ1) is 7.74. The molecule has 0 radical (unpaired) electrons. The average molecular weight is 226 g/mol. The minimum absolute atomic E-state index is 0.236. The second-order valence-corrected chi connectivity index (χ2v) is 4.97. The van der Waals surface area contributed by atoms with Gasteiger partial charge < -0.3 is 10.6 Å². The summed E-state index contributed by atoms with van der Waals surface area (Å²) in [6, 6.07) is 0. The van der Waals surface area contributed by atoms with Crippen molar-refractivity contribution in [3.8, 4) is 0 Å². The highest BCUT2D eigenvalue weighted by atomic mass is 16.1. The Morgan fingerprint density at radius 2 is 2.12 bits per heavy atom. The number of nitrogens with one attached hydrogen (secondary N) is 2. The van der Waals surface area contributed by atoms with E-state index in [1.165, 1.54) is 12.8 Å². The summed E-state index contributed by atoms with van der Waals surface area (Å²) in [7, 11) is 0. The van der Waals surface area contributed by atoms with E-state index < -0.39 is 0 Å². The smallest absolute Gasteiger partial charge is 0.220 e. The van der Waals surface area contributed by atoms with Gasteiger partial charge in [-0.3, -0.25) is 4.79 Å². The van der Waals surface area contributed by atoms with Gasteiger partial charge in [-0.05, 0) is 44.2 Å². The molecule has 1 aliphatic heterocycles. The Bertz CT molecular complexity index is 200. The molecule has 1 rings (SSSR count). The van der Waals surface area contributed by atoms with E-state index in [0.29, 0.717) is 12.3 Å². The van der Waals surface area contributed by atoms with Crippen molar-refractivity contribution in [3.63, 3.8) is 0 Å². The normalized spacial score (nSPS) is 19.4. The van der Waals surface area contributed by atoms with E-state index in [0.717, 1.165) is 38.4 Å². The van der Waals surface area contributed by atoms with Crippen LogP contribution in [0.4, 0.5) is 0 Å². The Morgan fingerprint density at radius 1 is 1.44 bits per heavy atom. The summed E-state index contributed by atoms with van der Waals surface area (Å²) < 4.78 is 0. The van der Waals surface area contributed by atoms with Gasteiger partial charge in [0.25, 0.3) is 0 Å². The molecule has 1 aliphatic rings. The molecule has 94 valence electrons. The fourth-order valence-electron chi connectivity index (χ4n) is 2.35. The van der Waals surface area contributed by atoms with E-state index >= 15 is 0 Å². The van der Waals surface area contributed by atoms with Crippen LogP contribution in [-0.2, 0) is 4.79 Å². The van der Waals surface area contributed by atoms with Crippen molar-refractivity contribution in [2.75, 3.05) is 19.6 Å². The molecule has 3 heteroatoms. The molecule has 3 nitrogen and oxygen atoms in total. The molecule has 1 fully saturated rings. The molecule has 1 atom stereocenters. The molecule has 1 unspecified atom stereocenters. The third kappa shape index (κ3) is 4.97. The number of rotatable bonds is 6. The molecule has 1 amide bonds. The molecule has 0 aromatic carbocycles. The van der Waals surface area contributed by atoms with Crippen molar-refractivity contribution in [2.24, 2.45) is 11.8 Å². The Kier molecular flexibility index (Phi) is 6.46. The first-order valence-corrected chi connectivity index (χ1v) is 6.71. The molecule has 1 heterocycles. The molecular formula is C13H26N2O. The number of amides is 1. The van der Waals surface area contributed by atoms with Crippen molar-refractivity contribution in [3.05, 3.63) is 0 Å². The van der Waals surface area contributed by atoms with Crippen molar-refractivity contribution in [1.29, 1.82) is 0 Å². The van der Waals surface area contributed by atoms with Gasteiger partial charge in [-0.25, -0.2) is 0 Å². The van der Waals surface area contributed by atoms with E-state index in [-0.39, 0.29) is 5.91 Å². The number of unbranched alkanes of at least 4 members (excludes halogenated alkanes) is 1. The number of hydrogen-bond donors (Lipinski definition) is 2. The van der Waals surface area contributed by atoms with Gasteiger partial charge in [-0.15, -0.1) is 0 Å². The van der Waals surface area contributed by atoms with Gasteiger partial charge in [0.15, 0.2) is 0 Å². The first-order valence-electron chi connectivity index (χ1n) is 6.71. The molecule has 2 N–H and O–H groups in total. The summed E-state index contributed by atoms with van der Waals surface area (Å²) in [4.78, 5) is 11.6.